The second kappa shape index (κ2) is 13.3. The van der Waals surface area contributed by atoms with Gasteiger partial charge in [0, 0.05) is 31.2 Å². The Morgan fingerprint density at radius 2 is 1.59 bits per heavy atom. The molecule has 1 heterocycles. The van der Waals surface area contributed by atoms with E-state index in [1.165, 1.54) is 36.4 Å². The lowest BCUT2D eigenvalue weighted by molar-refractivity contribution is -0.274. The topological polar surface area (TPSA) is 134 Å². The standard InChI is InChI=1S/C26H30F3N3O7S.ClH/c27-26(28,29)39-21-6-2-18(3-7-21)23(33)30-14-1-17-38-20-8-10-22(11-9-20)40(36,37)25(24(34)31-35)12-15-32(16-13-25)19-4-5-19;/h2-3,6-11,19,35H,1,4-5,12-17H2,(H,30,33)(H,31,34);1H. The first-order valence-corrected chi connectivity index (χ1v) is 14.2. The van der Waals surface area contributed by atoms with Crippen molar-refractivity contribution < 1.29 is 45.9 Å². The molecule has 0 bridgehead atoms. The number of benzene rings is 2. The third-order valence-corrected chi connectivity index (χ3v) is 9.57. The van der Waals surface area contributed by atoms with Crippen LogP contribution in [0.1, 0.15) is 42.5 Å². The third-order valence-electron chi connectivity index (χ3n) is 7.06. The molecule has 1 aliphatic carbocycles. The summed E-state index contributed by atoms with van der Waals surface area (Å²) in [5.41, 5.74) is 1.72. The van der Waals surface area contributed by atoms with E-state index in [1.807, 2.05) is 0 Å². The van der Waals surface area contributed by atoms with Crippen molar-refractivity contribution in [2.24, 2.45) is 0 Å². The molecule has 2 fully saturated rings. The lowest BCUT2D eigenvalue weighted by atomic mass is 9.94. The molecule has 226 valence electrons. The number of hydrogen-bond donors (Lipinski definition) is 3. The fraction of sp³-hybridized carbons (Fsp3) is 0.462. The first kappa shape index (κ1) is 32.4. The zero-order chi connectivity index (χ0) is 29.0. The summed E-state index contributed by atoms with van der Waals surface area (Å²) in [6.45, 7) is 1.32. The van der Waals surface area contributed by atoms with Crippen molar-refractivity contribution in [3.8, 4) is 11.5 Å². The largest absolute Gasteiger partial charge is 0.573 e. The molecule has 2 aromatic carbocycles. The van der Waals surface area contributed by atoms with Gasteiger partial charge in [-0.2, -0.15) is 0 Å². The molecule has 2 amide bonds. The van der Waals surface area contributed by atoms with Crippen LogP contribution in [0.2, 0.25) is 0 Å². The van der Waals surface area contributed by atoms with E-state index in [1.54, 1.807) is 5.48 Å². The molecule has 0 spiro atoms. The van der Waals surface area contributed by atoms with Crippen molar-refractivity contribution in [3.63, 3.8) is 0 Å². The summed E-state index contributed by atoms with van der Waals surface area (Å²) in [5, 5.41) is 11.9. The molecule has 0 aromatic heterocycles. The Balaban J connectivity index is 0.00000462. The normalized spacial score (nSPS) is 17.2. The second-order valence-electron chi connectivity index (χ2n) is 9.71. The van der Waals surface area contributed by atoms with Gasteiger partial charge in [-0.1, -0.05) is 0 Å². The second-order valence-corrected chi connectivity index (χ2v) is 12.0. The van der Waals surface area contributed by atoms with E-state index >= 15 is 0 Å². The SMILES string of the molecule is Cl.O=C(NCCCOc1ccc(S(=O)(=O)C2(C(=O)NO)CCN(C3CC3)CC2)cc1)c1ccc(OC(F)(F)F)cc1. The quantitative estimate of drug-likeness (QED) is 0.197. The number of nitrogens with zero attached hydrogens (tertiary/aromatic N) is 1. The zero-order valence-electron chi connectivity index (χ0n) is 21.9. The number of halogens is 4. The van der Waals surface area contributed by atoms with Crippen molar-refractivity contribution >= 4 is 34.1 Å². The highest BCUT2D eigenvalue weighted by molar-refractivity contribution is 7.93. The van der Waals surface area contributed by atoms with Crippen molar-refractivity contribution in [3.05, 3.63) is 54.1 Å². The van der Waals surface area contributed by atoms with E-state index in [0.717, 1.165) is 25.0 Å². The molecule has 3 N–H and O–H groups in total. The van der Waals surface area contributed by atoms with E-state index in [9.17, 15) is 36.4 Å². The van der Waals surface area contributed by atoms with Crippen LogP contribution in [0.15, 0.2) is 53.4 Å². The monoisotopic (exact) mass is 621 g/mol. The summed E-state index contributed by atoms with van der Waals surface area (Å²) in [6.07, 6.45) is -2.13. The van der Waals surface area contributed by atoms with Gasteiger partial charge in [-0.25, -0.2) is 13.9 Å². The van der Waals surface area contributed by atoms with Gasteiger partial charge in [0.1, 0.15) is 11.5 Å². The minimum atomic E-state index is -4.82. The Hall–Kier alpha value is -3.07. The number of ether oxygens (including phenoxy) is 2. The number of piperidine rings is 1. The molecule has 0 atom stereocenters. The van der Waals surface area contributed by atoms with E-state index in [4.69, 9.17) is 4.74 Å². The number of amides is 2. The van der Waals surface area contributed by atoms with Crippen LogP contribution < -0.4 is 20.3 Å². The molecule has 2 aliphatic rings. The number of hydrogen-bond acceptors (Lipinski definition) is 8. The smallest absolute Gasteiger partial charge is 0.494 e. The Bertz CT molecular complexity index is 1300. The molecule has 41 heavy (non-hydrogen) atoms. The molecule has 10 nitrogen and oxygen atoms in total. The fourth-order valence-electron chi connectivity index (χ4n) is 4.72. The van der Waals surface area contributed by atoms with Crippen LogP contribution in [0.5, 0.6) is 11.5 Å². The Morgan fingerprint density at radius 1 is 1.00 bits per heavy atom. The number of sulfone groups is 1. The number of carbonyl (C=O) groups is 2. The van der Waals surface area contributed by atoms with Crippen LogP contribution in [0.25, 0.3) is 0 Å². The van der Waals surface area contributed by atoms with Gasteiger partial charge in [0.2, 0.25) is 0 Å². The summed E-state index contributed by atoms with van der Waals surface area (Å²) in [7, 11) is -4.12. The van der Waals surface area contributed by atoms with Crippen molar-refractivity contribution in [1.29, 1.82) is 0 Å². The average Bonchev–Trinajstić information content (AvgIpc) is 3.78. The van der Waals surface area contributed by atoms with Crippen molar-refractivity contribution in [1.82, 2.24) is 15.7 Å². The Kier molecular flexibility index (Phi) is 10.5. The summed E-state index contributed by atoms with van der Waals surface area (Å²) in [5.74, 6) is -1.45. The summed E-state index contributed by atoms with van der Waals surface area (Å²) in [6, 6.07) is 10.6. The highest BCUT2D eigenvalue weighted by Gasteiger charge is 2.54. The number of likely N-dealkylation sites (tertiary alicyclic amines) is 1. The number of nitrogens with one attached hydrogen (secondary N) is 2. The Morgan fingerprint density at radius 3 is 2.12 bits per heavy atom. The maximum atomic E-state index is 13.5. The number of alkyl halides is 3. The highest BCUT2D eigenvalue weighted by Crippen LogP contribution is 2.39. The van der Waals surface area contributed by atoms with Crippen molar-refractivity contribution in [2.45, 2.75) is 54.2 Å². The van der Waals surface area contributed by atoms with Crippen LogP contribution in [0, 0.1) is 0 Å². The van der Waals surface area contributed by atoms with E-state index < -0.39 is 38.5 Å². The van der Waals surface area contributed by atoms with Gasteiger partial charge in [-0.05, 0) is 80.6 Å². The first-order chi connectivity index (χ1) is 18.9. The van der Waals surface area contributed by atoms with Crippen LogP contribution >= 0.6 is 12.4 Å². The van der Waals surface area contributed by atoms with Gasteiger partial charge in [0.25, 0.3) is 11.8 Å². The van der Waals surface area contributed by atoms with Crippen LogP contribution in [0.3, 0.4) is 0 Å². The molecular weight excluding hydrogens is 591 g/mol. The Labute approximate surface area is 241 Å². The van der Waals surface area contributed by atoms with Gasteiger partial charge < -0.3 is 19.7 Å². The molecule has 1 aliphatic heterocycles. The zero-order valence-corrected chi connectivity index (χ0v) is 23.5. The average molecular weight is 622 g/mol. The highest BCUT2D eigenvalue weighted by atomic mass is 35.5. The summed E-state index contributed by atoms with van der Waals surface area (Å²) in [4.78, 5) is 26.9. The van der Waals surface area contributed by atoms with Gasteiger partial charge in [-0.15, -0.1) is 25.6 Å². The molecule has 1 saturated carbocycles. The fourth-order valence-corrected chi connectivity index (χ4v) is 6.68. The third kappa shape index (κ3) is 7.82. The molecule has 4 rings (SSSR count). The van der Waals surface area contributed by atoms with E-state index in [-0.39, 0.29) is 48.9 Å². The van der Waals surface area contributed by atoms with Crippen LogP contribution in [0.4, 0.5) is 13.2 Å². The molecule has 0 unspecified atom stereocenters. The maximum absolute atomic E-state index is 13.5. The van der Waals surface area contributed by atoms with Gasteiger partial charge in [0.15, 0.2) is 14.6 Å². The van der Waals surface area contributed by atoms with Crippen LogP contribution in [-0.2, 0) is 14.6 Å². The lowest BCUT2D eigenvalue weighted by Gasteiger charge is -2.39. The molecule has 0 radical (unpaired) electrons. The van der Waals surface area contributed by atoms with E-state index in [2.05, 4.69) is 15.0 Å². The lowest BCUT2D eigenvalue weighted by Crippen LogP contribution is -2.58. The van der Waals surface area contributed by atoms with E-state index in [0.29, 0.717) is 31.3 Å². The predicted molar refractivity (Wildman–Crippen MR) is 143 cm³/mol. The maximum Gasteiger partial charge on any atom is 0.573 e. The molecule has 1 saturated heterocycles. The van der Waals surface area contributed by atoms with Gasteiger partial charge >= 0.3 is 6.36 Å². The van der Waals surface area contributed by atoms with Gasteiger partial charge in [-0.3, -0.25) is 14.8 Å². The molecule has 15 heteroatoms. The minimum absolute atomic E-state index is 0. The summed E-state index contributed by atoms with van der Waals surface area (Å²) >= 11 is 0. The minimum Gasteiger partial charge on any atom is -0.494 e. The van der Waals surface area contributed by atoms with Crippen LogP contribution in [-0.4, -0.2) is 73.7 Å². The first-order valence-electron chi connectivity index (χ1n) is 12.8. The molecule has 2 aromatic rings. The van der Waals surface area contributed by atoms with Gasteiger partial charge in [0.05, 0.1) is 11.5 Å². The summed E-state index contributed by atoms with van der Waals surface area (Å²) < 4.78 is 71.4. The number of rotatable bonds is 11. The molecular formula is C26H31ClF3N3O7S. The predicted octanol–water partition coefficient (Wildman–Crippen LogP) is 3.48. The number of carbonyl (C=O) groups excluding carboxylic acids is 2. The number of hydroxylamine groups is 1. The van der Waals surface area contributed by atoms with Crippen molar-refractivity contribution in [2.75, 3.05) is 26.2 Å².